The van der Waals surface area contributed by atoms with E-state index in [-0.39, 0.29) is 11.3 Å². The second kappa shape index (κ2) is 6.08. The van der Waals surface area contributed by atoms with Gasteiger partial charge in [0, 0.05) is 5.02 Å². The third kappa shape index (κ3) is 3.01. The maximum absolute atomic E-state index is 12.6. The van der Waals surface area contributed by atoms with Crippen LogP contribution in [0.3, 0.4) is 0 Å². The molecule has 0 bridgehead atoms. The first-order chi connectivity index (χ1) is 9.55. The van der Waals surface area contributed by atoms with Crippen molar-refractivity contribution in [3.63, 3.8) is 0 Å². The SMILES string of the molecule is N#CCC(c1ccccc1)S(=O)(=O)c1ccc(Cl)cc1. The van der Waals surface area contributed by atoms with E-state index < -0.39 is 15.1 Å². The third-order valence-electron chi connectivity index (χ3n) is 2.96. The average molecular weight is 306 g/mol. The zero-order valence-corrected chi connectivity index (χ0v) is 12.1. The molecule has 0 saturated carbocycles. The predicted octanol–water partition coefficient (Wildman–Crippen LogP) is 3.77. The van der Waals surface area contributed by atoms with Crippen LogP contribution in [-0.2, 0) is 9.84 Å². The molecule has 0 radical (unpaired) electrons. The zero-order chi connectivity index (χ0) is 14.6. The number of benzene rings is 2. The summed E-state index contributed by atoms with van der Waals surface area (Å²) < 4.78 is 25.3. The molecule has 0 amide bonds. The van der Waals surface area contributed by atoms with Crippen molar-refractivity contribution in [2.24, 2.45) is 0 Å². The number of nitrogens with zero attached hydrogens (tertiary/aromatic N) is 1. The van der Waals surface area contributed by atoms with Crippen LogP contribution in [0.1, 0.15) is 17.2 Å². The van der Waals surface area contributed by atoms with E-state index in [1.165, 1.54) is 24.3 Å². The lowest BCUT2D eigenvalue weighted by Gasteiger charge is -2.15. The largest absolute Gasteiger partial charge is 0.223 e. The summed E-state index contributed by atoms with van der Waals surface area (Å²) in [6.45, 7) is 0. The van der Waals surface area contributed by atoms with E-state index in [9.17, 15) is 8.42 Å². The highest BCUT2D eigenvalue weighted by atomic mass is 35.5. The molecule has 0 fully saturated rings. The number of hydrogen-bond acceptors (Lipinski definition) is 3. The molecular weight excluding hydrogens is 294 g/mol. The molecule has 3 nitrogen and oxygen atoms in total. The molecule has 0 aliphatic carbocycles. The van der Waals surface area contributed by atoms with E-state index in [2.05, 4.69) is 0 Å². The normalized spacial score (nSPS) is 12.6. The van der Waals surface area contributed by atoms with Crippen molar-refractivity contribution in [1.29, 1.82) is 5.26 Å². The van der Waals surface area contributed by atoms with Gasteiger partial charge >= 0.3 is 0 Å². The fourth-order valence-corrected chi connectivity index (χ4v) is 3.73. The van der Waals surface area contributed by atoms with Crippen LogP contribution >= 0.6 is 11.6 Å². The van der Waals surface area contributed by atoms with Crippen molar-refractivity contribution in [2.45, 2.75) is 16.6 Å². The Bertz CT molecular complexity index is 719. The second-order valence-corrected chi connectivity index (χ2v) is 6.83. The van der Waals surface area contributed by atoms with Crippen LogP contribution in [0.15, 0.2) is 59.5 Å². The summed E-state index contributed by atoms with van der Waals surface area (Å²) in [5, 5.41) is 8.52. The van der Waals surface area contributed by atoms with Crippen LogP contribution in [0.25, 0.3) is 0 Å². The minimum absolute atomic E-state index is 0.0883. The number of rotatable bonds is 4. The van der Waals surface area contributed by atoms with Crippen molar-refractivity contribution >= 4 is 21.4 Å². The monoisotopic (exact) mass is 305 g/mol. The minimum atomic E-state index is -3.61. The highest BCUT2D eigenvalue weighted by Gasteiger charge is 2.28. The van der Waals surface area contributed by atoms with Crippen LogP contribution in [0.5, 0.6) is 0 Å². The Hall–Kier alpha value is -1.83. The Kier molecular flexibility index (Phi) is 4.43. The van der Waals surface area contributed by atoms with Gasteiger partial charge in [0.1, 0.15) is 5.25 Å². The van der Waals surface area contributed by atoms with Gasteiger partial charge in [-0.05, 0) is 29.8 Å². The van der Waals surface area contributed by atoms with E-state index in [0.29, 0.717) is 10.6 Å². The molecule has 1 atom stereocenters. The van der Waals surface area contributed by atoms with E-state index in [4.69, 9.17) is 16.9 Å². The minimum Gasteiger partial charge on any atom is -0.223 e. The van der Waals surface area contributed by atoms with Crippen molar-refractivity contribution in [2.75, 3.05) is 0 Å². The average Bonchev–Trinajstić information content (AvgIpc) is 2.46. The van der Waals surface area contributed by atoms with E-state index in [1.54, 1.807) is 24.3 Å². The van der Waals surface area contributed by atoms with Crippen LogP contribution in [-0.4, -0.2) is 8.42 Å². The predicted molar refractivity (Wildman–Crippen MR) is 78.1 cm³/mol. The fraction of sp³-hybridized carbons (Fsp3) is 0.133. The van der Waals surface area contributed by atoms with Crippen LogP contribution in [0.2, 0.25) is 5.02 Å². The van der Waals surface area contributed by atoms with Gasteiger partial charge in [0.25, 0.3) is 0 Å². The van der Waals surface area contributed by atoms with Crippen molar-refractivity contribution in [3.05, 3.63) is 65.2 Å². The summed E-state index contributed by atoms with van der Waals surface area (Å²) in [6.07, 6.45) is -0.0883. The Morgan fingerprint density at radius 1 is 1.05 bits per heavy atom. The first-order valence-corrected chi connectivity index (χ1v) is 7.89. The molecule has 1 unspecified atom stereocenters. The maximum Gasteiger partial charge on any atom is 0.186 e. The Morgan fingerprint density at radius 3 is 2.20 bits per heavy atom. The molecule has 102 valence electrons. The van der Waals surface area contributed by atoms with Gasteiger partial charge in [-0.25, -0.2) is 8.42 Å². The van der Waals surface area contributed by atoms with Crippen LogP contribution in [0.4, 0.5) is 0 Å². The number of sulfone groups is 1. The molecule has 2 aromatic rings. The van der Waals surface area contributed by atoms with Crippen molar-refractivity contribution in [3.8, 4) is 6.07 Å². The molecule has 5 heteroatoms. The number of hydrogen-bond donors (Lipinski definition) is 0. The molecule has 0 aliphatic heterocycles. The van der Waals surface area contributed by atoms with E-state index in [0.717, 1.165) is 0 Å². The van der Waals surface area contributed by atoms with E-state index >= 15 is 0 Å². The molecule has 20 heavy (non-hydrogen) atoms. The molecule has 0 heterocycles. The summed E-state index contributed by atoms with van der Waals surface area (Å²) in [7, 11) is -3.61. The van der Waals surface area contributed by atoms with Gasteiger partial charge in [0.2, 0.25) is 0 Å². The van der Waals surface area contributed by atoms with Crippen LogP contribution in [0, 0.1) is 11.3 Å². The lowest BCUT2D eigenvalue weighted by molar-refractivity contribution is 0.582. The molecule has 0 spiro atoms. The summed E-state index contributed by atoms with van der Waals surface area (Å²) in [5.41, 5.74) is 0.615. The topological polar surface area (TPSA) is 57.9 Å². The Balaban J connectivity index is 2.48. The summed E-state index contributed by atoms with van der Waals surface area (Å²) in [4.78, 5) is 0.172. The summed E-state index contributed by atoms with van der Waals surface area (Å²) in [6, 6.07) is 16.7. The first kappa shape index (κ1) is 14.6. The Morgan fingerprint density at radius 2 is 1.65 bits per heavy atom. The van der Waals surface area contributed by atoms with Gasteiger partial charge in [-0.3, -0.25) is 0 Å². The smallest absolute Gasteiger partial charge is 0.186 e. The van der Waals surface area contributed by atoms with Crippen LogP contribution < -0.4 is 0 Å². The first-order valence-electron chi connectivity index (χ1n) is 5.97. The second-order valence-electron chi connectivity index (χ2n) is 4.26. The van der Waals surface area contributed by atoms with Gasteiger partial charge in [0.15, 0.2) is 9.84 Å². The lowest BCUT2D eigenvalue weighted by atomic mass is 10.1. The fourth-order valence-electron chi connectivity index (χ4n) is 1.95. The van der Waals surface area contributed by atoms with Gasteiger partial charge < -0.3 is 0 Å². The molecule has 0 N–H and O–H groups in total. The standard InChI is InChI=1S/C15H12ClNO2S/c16-13-6-8-14(9-7-13)20(18,19)15(10-11-17)12-4-2-1-3-5-12/h1-9,15H,10H2. The van der Waals surface area contributed by atoms with Gasteiger partial charge in [-0.15, -0.1) is 0 Å². The molecule has 0 saturated heterocycles. The van der Waals surface area contributed by atoms with Crippen molar-refractivity contribution < 1.29 is 8.42 Å². The van der Waals surface area contributed by atoms with Crippen molar-refractivity contribution in [1.82, 2.24) is 0 Å². The molecule has 2 rings (SSSR count). The highest BCUT2D eigenvalue weighted by Crippen LogP contribution is 2.31. The van der Waals surface area contributed by atoms with E-state index in [1.807, 2.05) is 12.1 Å². The quantitative estimate of drug-likeness (QED) is 0.864. The third-order valence-corrected chi connectivity index (χ3v) is 5.33. The maximum atomic E-state index is 12.6. The molecule has 0 aromatic heterocycles. The lowest BCUT2D eigenvalue weighted by Crippen LogP contribution is -2.13. The number of halogens is 1. The Labute approximate surface area is 123 Å². The zero-order valence-electron chi connectivity index (χ0n) is 10.5. The van der Waals surface area contributed by atoms with Gasteiger partial charge in [-0.1, -0.05) is 41.9 Å². The summed E-state index contributed by atoms with van der Waals surface area (Å²) >= 11 is 5.77. The highest BCUT2D eigenvalue weighted by molar-refractivity contribution is 7.91. The van der Waals surface area contributed by atoms with Gasteiger partial charge in [0.05, 0.1) is 17.4 Å². The molecule has 0 aliphatic rings. The van der Waals surface area contributed by atoms with Gasteiger partial charge in [-0.2, -0.15) is 5.26 Å². The molecular formula is C15H12ClNO2S. The molecule has 2 aromatic carbocycles. The summed E-state index contributed by atoms with van der Waals surface area (Å²) in [5.74, 6) is 0. The number of nitriles is 1.